The first-order valence-corrected chi connectivity index (χ1v) is 7.73. The van der Waals surface area contributed by atoms with Gasteiger partial charge in [-0.2, -0.15) is 0 Å². The second kappa shape index (κ2) is 5.51. The van der Waals surface area contributed by atoms with E-state index in [0.29, 0.717) is 19.0 Å². The number of carbonyl (C=O) groups is 2. The fourth-order valence-corrected chi connectivity index (χ4v) is 3.20. The lowest BCUT2D eigenvalue weighted by molar-refractivity contribution is -0.131. The summed E-state index contributed by atoms with van der Waals surface area (Å²) in [6.07, 6.45) is 3.74. The van der Waals surface area contributed by atoms with Crippen LogP contribution in [0.5, 0.6) is 0 Å². The maximum absolute atomic E-state index is 12.4. The molecule has 112 valence electrons. The van der Waals surface area contributed by atoms with E-state index >= 15 is 0 Å². The summed E-state index contributed by atoms with van der Waals surface area (Å²) in [6, 6.07) is 6.35. The van der Waals surface area contributed by atoms with Crippen LogP contribution in [0.3, 0.4) is 0 Å². The molecule has 0 radical (unpaired) electrons. The van der Waals surface area contributed by atoms with Crippen molar-refractivity contribution in [2.45, 2.75) is 45.6 Å². The quantitative estimate of drug-likeness (QED) is 0.928. The average Bonchev–Trinajstić information content (AvgIpc) is 2.74. The molecule has 1 aromatic rings. The van der Waals surface area contributed by atoms with Gasteiger partial charge in [-0.15, -0.1) is 0 Å². The molecule has 0 spiro atoms. The van der Waals surface area contributed by atoms with Crippen LogP contribution in [0.2, 0.25) is 0 Å². The van der Waals surface area contributed by atoms with Crippen molar-refractivity contribution in [3.63, 3.8) is 0 Å². The van der Waals surface area contributed by atoms with Gasteiger partial charge in [-0.1, -0.05) is 18.2 Å². The molecule has 0 aromatic heterocycles. The van der Waals surface area contributed by atoms with Crippen molar-refractivity contribution in [2.75, 3.05) is 11.9 Å². The Bertz CT molecular complexity index is 558. The first-order chi connectivity index (χ1) is 10.1. The van der Waals surface area contributed by atoms with Gasteiger partial charge in [-0.3, -0.25) is 9.59 Å². The van der Waals surface area contributed by atoms with Gasteiger partial charge in [0.05, 0.1) is 5.92 Å². The van der Waals surface area contributed by atoms with Crippen molar-refractivity contribution in [2.24, 2.45) is 5.92 Å². The van der Waals surface area contributed by atoms with Gasteiger partial charge < -0.3 is 10.2 Å². The second-order valence-corrected chi connectivity index (χ2v) is 6.29. The summed E-state index contributed by atoms with van der Waals surface area (Å²) in [5.41, 5.74) is 3.00. The Morgan fingerprint density at radius 3 is 2.48 bits per heavy atom. The highest BCUT2D eigenvalue weighted by Crippen LogP contribution is 2.31. The molecule has 1 saturated carbocycles. The second-order valence-electron chi connectivity index (χ2n) is 6.29. The summed E-state index contributed by atoms with van der Waals surface area (Å²) in [5, 5.41) is 3.02. The van der Waals surface area contributed by atoms with E-state index in [0.717, 1.165) is 29.7 Å². The van der Waals surface area contributed by atoms with Crippen molar-refractivity contribution in [1.29, 1.82) is 0 Å². The van der Waals surface area contributed by atoms with Crippen LogP contribution in [0.15, 0.2) is 18.2 Å². The van der Waals surface area contributed by atoms with Crippen LogP contribution < -0.4 is 5.32 Å². The maximum Gasteiger partial charge on any atom is 0.229 e. The normalized spacial score (nSPS) is 22.3. The zero-order valence-corrected chi connectivity index (χ0v) is 12.7. The molecule has 2 aliphatic rings. The number of likely N-dealkylation sites (tertiary alicyclic amines) is 1. The summed E-state index contributed by atoms with van der Waals surface area (Å²) in [4.78, 5) is 26.4. The molecule has 0 bridgehead atoms. The Morgan fingerprint density at radius 1 is 1.24 bits per heavy atom. The van der Waals surface area contributed by atoms with Crippen LogP contribution in [-0.4, -0.2) is 29.3 Å². The van der Waals surface area contributed by atoms with Crippen molar-refractivity contribution >= 4 is 17.5 Å². The average molecular weight is 286 g/mol. The largest absolute Gasteiger partial charge is 0.339 e. The molecule has 1 N–H and O–H groups in total. The molecular weight excluding hydrogens is 264 g/mol. The summed E-state index contributed by atoms with van der Waals surface area (Å²) in [6.45, 7) is 4.56. The van der Waals surface area contributed by atoms with E-state index in [2.05, 4.69) is 5.32 Å². The Balaban J connectivity index is 1.67. The number of anilines is 1. The van der Waals surface area contributed by atoms with Crippen LogP contribution in [0.4, 0.5) is 5.69 Å². The SMILES string of the molecule is Cc1cccc(C)c1NC(=O)C1CC(=O)N(C2CCC2)C1. The molecule has 1 atom stereocenters. The number of hydrogen-bond acceptors (Lipinski definition) is 2. The Kier molecular flexibility index (Phi) is 3.70. The molecule has 3 rings (SSSR count). The van der Waals surface area contributed by atoms with E-state index in [4.69, 9.17) is 0 Å². The lowest BCUT2D eigenvalue weighted by Gasteiger charge is -2.34. The molecule has 4 heteroatoms. The van der Waals surface area contributed by atoms with Gasteiger partial charge in [-0.05, 0) is 44.2 Å². The number of para-hydroxylation sites is 1. The monoisotopic (exact) mass is 286 g/mol. The number of carbonyl (C=O) groups excluding carboxylic acids is 2. The molecule has 1 aliphatic carbocycles. The molecule has 1 aliphatic heterocycles. The summed E-state index contributed by atoms with van der Waals surface area (Å²) in [5.74, 6) is -0.0963. The summed E-state index contributed by atoms with van der Waals surface area (Å²) >= 11 is 0. The zero-order chi connectivity index (χ0) is 15.0. The minimum absolute atomic E-state index is 0.0254. The van der Waals surface area contributed by atoms with Crippen LogP contribution >= 0.6 is 0 Å². The first-order valence-electron chi connectivity index (χ1n) is 7.73. The molecule has 1 heterocycles. The fourth-order valence-electron chi connectivity index (χ4n) is 3.20. The van der Waals surface area contributed by atoms with Crippen LogP contribution in [0, 0.1) is 19.8 Å². The first kappa shape index (κ1) is 14.1. The topological polar surface area (TPSA) is 49.4 Å². The van der Waals surface area contributed by atoms with Crippen molar-refractivity contribution in [3.05, 3.63) is 29.3 Å². The highest BCUT2D eigenvalue weighted by molar-refractivity contribution is 5.98. The maximum atomic E-state index is 12.4. The predicted octanol–water partition coefficient (Wildman–Crippen LogP) is 2.64. The van der Waals surface area contributed by atoms with Crippen LogP contribution in [-0.2, 0) is 9.59 Å². The standard InChI is InChI=1S/C17H22N2O2/c1-11-5-3-6-12(2)16(11)18-17(21)13-9-15(20)19(10-13)14-7-4-8-14/h3,5-6,13-14H,4,7-10H2,1-2H3,(H,18,21). The van der Waals surface area contributed by atoms with Gasteiger partial charge in [0.15, 0.2) is 0 Å². The lowest BCUT2D eigenvalue weighted by Crippen LogP contribution is -2.41. The van der Waals surface area contributed by atoms with Crippen LogP contribution in [0.1, 0.15) is 36.8 Å². The Hall–Kier alpha value is -1.84. The number of amides is 2. The molecule has 1 aromatic carbocycles. The van der Waals surface area contributed by atoms with Crippen molar-refractivity contribution < 1.29 is 9.59 Å². The number of nitrogens with one attached hydrogen (secondary N) is 1. The minimum atomic E-state index is -0.211. The van der Waals surface area contributed by atoms with E-state index in [1.165, 1.54) is 6.42 Å². The Morgan fingerprint density at radius 2 is 1.90 bits per heavy atom. The van der Waals surface area contributed by atoms with Gasteiger partial charge in [-0.25, -0.2) is 0 Å². The number of rotatable bonds is 3. The highest BCUT2D eigenvalue weighted by atomic mass is 16.2. The molecule has 1 saturated heterocycles. The van der Waals surface area contributed by atoms with Gasteiger partial charge in [0.2, 0.25) is 11.8 Å². The number of nitrogens with zero attached hydrogens (tertiary/aromatic N) is 1. The van der Waals surface area contributed by atoms with E-state index in [1.54, 1.807) is 0 Å². The molecule has 1 unspecified atom stereocenters. The van der Waals surface area contributed by atoms with Gasteiger partial charge >= 0.3 is 0 Å². The predicted molar refractivity (Wildman–Crippen MR) is 82.0 cm³/mol. The summed E-state index contributed by atoms with van der Waals surface area (Å²) in [7, 11) is 0. The molecule has 4 nitrogen and oxygen atoms in total. The minimum Gasteiger partial charge on any atom is -0.339 e. The third-order valence-electron chi connectivity index (χ3n) is 4.77. The zero-order valence-electron chi connectivity index (χ0n) is 12.7. The molecule has 21 heavy (non-hydrogen) atoms. The van der Waals surface area contributed by atoms with E-state index < -0.39 is 0 Å². The molecule has 2 fully saturated rings. The van der Waals surface area contributed by atoms with E-state index in [9.17, 15) is 9.59 Å². The number of aryl methyl sites for hydroxylation is 2. The highest BCUT2D eigenvalue weighted by Gasteiger charge is 2.39. The lowest BCUT2D eigenvalue weighted by atomic mass is 9.92. The van der Waals surface area contributed by atoms with Crippen LogP contribution in [0.25, 0.3) is 0 Å². The Labute approximate surface area is 125 Å². The third kappa shape index (κ3) is 2.67. The number of hydrogen-bond donors (Lipinski definition) is 1. The van der Waals surface area contributed by atoms with Gasteiger partial charge in [0, 0.05) is 24.7 Å². The fraction of sp³-hybridized carbons (Fsp3) is 0.529. The number of benzene rings is 1. The summed E-state index contributed by atoms with van der Waals surface area (Å²) < 4.78 is 0. The smallest absolute Gasteiger partial charge is 0.229 e. The van der Waals surface area contributed by atoms with Crippen molar-refractivity contribution in [3.8, 4) is 0 Å². The third-order valence-corrected chi connectivity index (χ3v) is 4.77. The van der Waals surface area contributed by atoms with E-state index in [-0.39, 0.29) is 17.7 Å². The van der Waals surface area contributed by atoms with Gasteiger partial charge in [0.1, 0.15) is 0 Å². The van der Waals surface area contributed by atoms with Crippen molar-refractivity contribution in [1.82, 2.24) is 4.90 Å². The molecular formula is C17H22N2O2. The van der Waals surface area contributed by atoms with Gasteiger partial charge in [0.25, 0.3) is 0 Å². The van der Waals surface area contributed by atoms with E-state index in [1.807, 2.05) is 36.9 Å². The molecule has 2 amide bonds.